The molecular weight excluding hydrogens is 380 g/mol. The van der Waals surface area contributed by atoms with E-state index in [9.17, 15) is 14.4 Å². The molecule has 1 saturated heterocycles. The third kappa shape index (κ3) is 5.11. The van der Waals surface area contributed by atoms with Gasteiger partial charge in [-0.25, -0.2) is 4.79 Å². The van der Waals surface area contributed by atoms with Gasteiger partial charge in [0.2, 0.25) is 5.91 Å². The molecule has 0 spiro atoms. The zero-order valence-electron chi connectivity index (χ0n) is 16.5. The lowest BCUT2D eigenvalue weighted by Gasteiger charge is -2.30. The van der Waals surface area contributed by atoms with Crippen LogP contribution in [0.4, 0.5) is 5.00 Å². The fourth-order valence-corrected chi connectivity index (χ4v) is 4.64. The molecule has 0 radical (unpaired) electrons. The van der Waals surface area contributed by atoms with E-state index in [2.05, 4.69) is 5.32 Å². The van der Waals surface area contributed by atoms with Crippen molar-refractivity contribution in [2.75, 3.05) is 38.2 Å². The van der Waals surface area contributed by atoms with Gasteiger partial charge in [-0.1, -0.05) is 0 Å². The van der Waals surface area contributed by atoms with E-state index >= 15 is 0 Å². The minimum absolute atomic E-state index is 0.181. The molecule has 1 aliphatic heterocycles. The molecule has 1 amide bonds. The summed E-state index contributed by atoms with van der Waals surface area (Å²) in [6.07, 6.45) is 3.79. The van der Waals surface area contributed by atoms with Crippen LogP contribution in [0, 0.1) is 5.92 Å². The fraction of sp³-hybridized carbons (Fsp3) is 0.650. The van der Waals surface area contributed by atoms with Gasteiger partial charge in [-0.05, 0) is 62.9 Å². The van der Waals surface area contributed by atoms with Crippen LogP contribution in [0.25, 0.3) is 0 Å². The molecule has 0 bridgehead atoms. The van der Waals surface area contributed by atoms with Crippen LogP contribution in [0.5, 0.6) is 0 Å². The van der Waals surface area contributed by atoms with E-state index in [1.165, 1.54) is 11.3 Å². The number of esters is 2. The third-order valence-electron chi connectivity index (χ3n) is 5.06. The Morgan fingerprint density at radius 2 is 1.93 bits per heavy atom. The van der Waals surface area contributed by atoms with Gasteiger partial charge in [0, 0.05) is 6.54 Å². The van der Waals surface area contributed by atoms with Gasteiger partial charge in [-0.3, -0.25) is 14.5 Å². The topological polar surface area (TPSA) is 84.9 Å². The summed E-state index contributed by atoms with van der Waals surface area (Å²) in [6.45, 7) is 5.72. The summed E-state index contributed by atoms with van der Waals surface area (Å²) in [7, 11) is 0. The van der Waals surface area contributed by atoms with Crippen molar-refractivity contribution in [1.82, 2.24) is 4.90 Å². The Bertz CT molecular complexity index is 728. The quantitative estimate of drug-likeness (QED) is 0.666. The zero-order valence-corrected chi connectivity index (χ0v) is 17.3. The summed E-state index contributed by atoms with van der Waals surface area (Å²) >= 11 is 1.38. The first-order chi connectivity index (χ1) is 13.5. The number of nitrogens with zero attached hydrogens (tertiary/aromatic N) is 1. The SMILES string of the molecule is CCOC(=O)c1c(C2CC2)csc1NC(=O)CN1CCC[C@@H](C(=O)OCC)C1. The lowest BCUT2D eigenvalue weighted by molar-refractivity contribution is -0.150. The van der Waals surface area contributed by atoms with Gasteiger partial charge in [-0.2, -0.15) is 0 Å². The summed E-state index contributed by atoms with van der Waals surface area (Å²) in [5.74, 6) is -0.529. The Hall–Kier alpha value is -1.93. The number of hydrogen-bond acceptors (Lipinski definition) is 7. The van der Waals surface area contributed by atoms with Gasteiger partial charge >= 0.3 is 11.9 Å². The number of amides is 1. The van der Waals surface area contributed by atoms with Gasteiger partial charge in [-0.15, -0.1) is 11.3 Å². The minimum Gasteiger partial charge on any atom is -0.466 e. The van der Waals surface area contributed by atoms with Crippen LogP contribution in [0.2, 0.25) is 0 Å². The highest BCUT2D eigenvalue weighted by Crippen LogP contribution is 2.46. The Labute approximate surface area is 169 Å². The fourth-order valence-electron chi connectivity index (χ4n) is 3.59. The predicted octanol–water partition coefficient (Wildman–Crippen LogP) is 3.02. The Morgan fingerprint density at radius 1 is 1.18 bits per heavy atom. The third-order valence-corrected chi connectivity index (χ3v) is 5.98. The molecule has 2 heterocycles. The summed E-state index contributed by atoms with van der Waals surface area (Å²) < 4.78 is 10.3. The standard InChI is InChI=1S/C20H28N2O5S/c1-3-26-19(24)14-6-5-9-22(10-14)11-16(23)21-18-17(20(25)27-4-2)15(12-28-18)13-7-8-13/h12-14H,3-11H2,1-2H3,(H,21,23)/t14-/m1/s1. The average molecular weight is 409 g/mol. The van der Waals surface area contributed by atoms with Gasteiger partial charge in [0.25, 0.3) is 0 Å². The van der Waals surface area contributed by atoms with E-state index < -0.39 is 0 Å². The Kier molecular flexibility index (Phi) is 7.07. The number of carbonyl (C=O) groups is 3. The molecule has 3 rings (SSSR count). The molecule has 2 aliphatic rings. The second kappa shape index (κ2) is 9.52. The molecule has 2 fully saturated rings. The van der Waals surface area contributed by atoms with Crippen LogP contribution < -0.4 is 5.32 Å². The van der Waals surface area contributed by atoms with Gasteiger partial charge in [0.05, 0.1) is 31.2 Å². The molecule has 1 saturated carbocycles. The van der Waals surface area contributed by atoms with Crippen molar-refractivity contribution in [2.45, 2.75) is 45.4 Å². The first kappa shape index (κ1) is 20.8. The van der Waals surface area contributed by atoms with Crippen LogP contribution in [-0.4, -0.2) is 55.6 Å². The molecule has 1 N–H and O–H groups in total. The van der Waals surface area contributed by atoms with Gasteiger partial charge < -0.3 is 14.8 Å². The number of anilines is 1. The molecule has 1 atom stereocenters. The lowest BCUT2D eigenvalue weighted by Crippen LogP contribution is -2.43. The van der Waals surface area contributed by atoms with Crippen molar-refractivity contribution in [3.63, 3.8) is 0 Å². The maximum Gasteiger partial charge on any atom is 0.341 e. The summed E-state index contributed by atoms with van der Waals surface area (Å²) in [4.78, 5) is 38.9. The van der Waals surface area contributed by atoms with Crippen molar-refractivity contribution < 1.29 is 23.9 Å². The van der Waals surface area contributed by atoms with E-state index in [1.54, 1.807) is 13.8 Å². The van der Waals surface area contributed by atoms with E-state index in [0.717, 1.165) is 37.8 Å². The minimum atomic E-state index is -0.374. The van der Waals surface area contributed by atoms with E-state index in [4.69, 9.17) is 9.47 Å². The molecule has 154 valence electrons. The highest BCUT2D eigenvalue weighted by atomic mass is 32.1. The summed E-state index contributed by atoms with van der Waals surface area (Å²) in [6, 6.07) is 0. The Morgan fingerprint density at radius 3 is 2.61 bits per heavy atom. The van der Waals surface area contributed by atoms with Gasteiger partial charge in [0.1, 0.15) is 5.00 Å². The number of likely N-dealkylation sites (tertiary alicyclic amines) is 1. The zero-order chi connectivity index (χ0) is 20.1. The van der Waals surface area contributed by atoms with Crippen LogP contribution in [0.15, 0.2) is 5.38 Å². The summed E-state index contributed by atoms with van der Waals surface area (Å²) in [5.41, 5.74) is 1.49. The van der Waals surface area contributed by atoms with Gasteiger partial charge in [0.15, 0.2) is 0 Å². The Balaban J connectivity index is 1.62. The van der Waals surface area contributed by atoms with Crippen molar-refractivity contribution in [1.29, 1.82) is 0 Å². The predicted molar refractivity (Wildman–Crippen MR) is 107 cm³/mol. The number of hydrogen-bond donors (Lipinski definition) is 1. The van der Waals surface area contributed by atoms with Crippen molar-refractivity contribution >= 4 is 34.2 Å². The van der Waals surface area contributed by atoms with E-state index in [1.807, 2.05) is 10.3 Å². The van der Waals surface area contributed by atoms with E-state index in [0.29, 0.717) is 36.2 Å². The molecular formula is C20H28N2O5S. The second-order valence-electron chi connectivity index (χ2n) is 7.26. The summed E-state index contributed by atoms with van der Waals surface area (Å²) in [5, 5.41) is 5.41. The largest absolute Gasteiger partial charge is 0.466 e. The van der Waals surface area contributed by atoms with Crippen molar-refractivity contribution in [3.8, 4) is 0 Å². The first-order valence-corrected chi connectivity index (χ1v) is 10.9. The number of rotatable bonds is 8. The average Bonchev–Trinajstić information content (AvgIpc) is 3.43. The normalized spacial score (nSPS) is 19.9. The van der Waals surface area contributed by atoms with Crippen LogP contribution >= 0.6 is 11.3 Å². The molecule has 28 heavy (non-hydrogen) atoms. The lowest BCUT2D eigenvalue weighted by atomic mass is 9.98. The van der Waals surface area contributed by atoms with Crippen LogP contribution in [0.3, 0.4) is 0 Å². The van der Waals surface area contributed by atoms with Crippen LogP contribution in [-0.2, 0) is 19.1 Å². The first-order valence-electron chi connectivity index (χ1n) is 10.0. The molecule has 8 heteroatoms. The second-order valence-corrected chi connectivity index (χ2v) is 8.14. The highest BCUT2D eigenvalue weighted by Gasteiger charge is 2.33. The molecule has 0 unspecified atom stereocenters. The molecule has 1 aromatic heterocycles. The number of ether oxygens (including phenoxy) is 2. The van der Waals surface area contributed by atoms with Crippen molar-refractivity contribution in [2.24, 2.45) is 5.92 Å². The monoisotopic (exact) mass is 408 g/mol. The number of nitrogens with one attached hydrogen (secondary N) is 1. The molecule has 1 aliphatic carbocycles. The maximum absolute atomic E-state index is 12.6. The number of carbonyl (C=O) groups excluding carboxylic acids is 3. The molecule has 7 nitrogen and oxygen atoms in total. The maximum atomic E-state index is 12.6. The van der Waals surface area contributed by atoms with Crippen molar-refractivity contribution in [3.05, 3.63) is 16.5 Å². The highest BCUT2D eigenvalue weighted by molar-refractivity contribution is 7.15. The van der Waals surface area contributed by atoms with E-state index in [-0.39, 0.29) is 30.3 Å². The number of piperidine rings is 1. The molecule has 0 aromatic carbocycles. The molecule has 1 aromatic rings. The number of thiophene rings is 1. The van der Waals surface area contributed by atoms with Crippen LogP contribution in [0.1, 0.15) is 61.4 Å². The smallest absolute Gasteiger partial charge is 0.341 e.